The number of hydrogen-bond donors (Lipinski definition) is 3. The SMILES string of the molecule is CNC1CNCC(C)NC(=O)c2cc(F)ccc2C1. The first kappa shape index (κ1) is 14.0. The second kappa shape index (κ2) is 6.12. The van der Waals surface area contributed by atoms with Crippen LogP contribution in [0.15, 0.2) is 18.2 Å². The Morgan fingerprint density at radius 1 is 1.37 bits per heavy atom. The summed E-state index contributed by atoms with van der Waals surface area (Å²) in [4.78, 5) is 12.2. The Labute approximate surface area is 112 Å². The Morgan fingerprint density at radius 2 is 2.16 bits per heavy atom. The molecule has 0 bridgehead atoms. The molecule has 1 heterocycles. The van der Waals surface area contributed by atoms with Crippen LogP contribution in [0.4, 0.5) is 4.39 Å². The number of carbonyl (C=O) groups is 1. The molecule has 1 aliphatic heterocycles. The van der Waals surface area contributed by atoms with Crippen molar-refractivity contribution in [3.8, 4) is 0 Å². The molecule has 0 spiro atoms. The summed E-state index contributed by atoms with van der Waals surface area (Å²) in [5, 5.41) is 9.41. The van der Waals surface area contributed by atoms with Gasteiger partial charge in [0.05, 0.1) is 0 Å². The molecule has 0 saturated heterocycles. The van der Waals surface area contributed by atoms with Gasteiger partial charge in [0, 0.05) is 30.7 Å². The third-order valence-electron chi connectivity index (χ3n) is 3.41. The first-order valence-corrected chi connectivity index (χ1v) is 6.57. The maximum Gasteiger partial charge on any atom is 0.251 e. The lowest BCUT2D eigenvalue weighted by molar-refractivity contribution is 0.0937. The van der Waals surface area contributed by atoms with Crippen molar-refractivity contribution in [2.24, 2.45) is 0 Å². The monoisotopic (exact) mass is 265 g/mol. The van der Waals surface area contributed by atoms with Crippen molar-refractivity contribution in [2.45, 2.75) is 25.4 Å². The van der Waals surface area contributed by atoms with E-state index in [-0.39, 0.29) is 23.8 Å². The molecule has 0 saturated carbocycles. The van der Waals surface area contributed by atoms with Gasteiger partial charge in [-0.2, -0.15) is 0 Å². The number of nitrogens with one attached hydrogen (secondary N) is 3. The second-order valence-corrected chi connectivity index (χ2v) is 5.02. The van der Waals surface area contributed by atoms with Crippen molar-refractivity contribution >= 4 is 5.91 Å². The number of likely N-dealkylation sites (N-methyl/N-ethyl adjacent to an activating group) is 1. The first-order chi connectivity index (χ1) is 9.10. The summed E-state index contributed by atoms with van der Waals surface area (Å²) in [6.45, 7) is 3.45. The summed E-state index contributed by atoms with van der Waals surface area (Å²) in [5.74, 6) is -0.585. The fourth-order valence-corrected chi connectivity index (χ4v) is 2.31. The van der Waals surface area contributed by atoms with E-state index >= 15 is 0 Å². The molecule has 2 atom stereocenters. The van der Waals surface area contributed by atoms with Gasteiger partial charge in [-0.25, -0.2) is 4.39 Å². The van der Waals surface area contributed by atoms with Gasteiger partial charge in [0.25, 0.3) is 5.91 Å². The number of hydrogen-bond acceptors (Lipinski definition) is 3. The Morgan fingerprint density at radius 3 is 2.89 bits per heavy atom. The molecule has 0 aliphatic carbocycles. The molecule has 19 heavy (non-hydrogen) atoms. The van der Waals surface area contributed by atoms with E-state index in [0.29, 0.717) is 18.5 Å². The maximum atomic E-state index is 13.4. The van der Waals surface area contributed by atoms with Crippen LogP contribution in [0.2, 0.25) is 0 Å². The maximum absolute atomic E-state index is 13.4. The molecule has 2 rings (SSSR count). The molecule has 1 amide bonds. The zero-order chi connectivity index (χ0) is 13.8. The van der Waals surface area contributed by atoms with Gasteiger partial charge in [0.15, 0.2) is 0 Å². The molecular weight excluding hydrogens is 245 g/mol. The van der Waals surface area contributed by atoms with E-state index in [0.717, 1.165) is 12.1 Å². The summed E-state index contributed by atoms with van der Waals surface area (Å²) < 4.78 is 13.4. The number of carbonyl (C=O) groups excluding carboxylic acids is 1. The van der Waals surface area contributed by atoms with E-state index in [1.54, 1.807) is 6.07 Å². The van der Waals surface area contributed by atoms with Gasteiger partial charge >= 0.3 is 0 Å². The number of benzene rings is 1. The van der Waals surface area contributed by atoms with Gasteiger partial charge in [-0.15, -0.1) is 0 Å². The molecular formula is C14H20FN3O. The van der Waals surface area contributed by atoms with E-state index in [1.165, 1.54) is 12.1 Å². The van der Waals surface area contributed by atoms with Crippen LogP contribution in [0.1, 0.15) is 22.8 Å². The van der Waals surface area contributed by atoms with Crippen molar-refractivity contribution in [2.75, 3.05) is 20.1 Å². The van der Waals surface area contributed by atoms with Crippen LogP contribution in [0, 0.1) is 5.82 Å². The van der Waals surface area contributed by atoms with Crippen LogP contribution in [-0.2, 0) is 6.42 Å². The molecule has 1 aliphatic rings. The predicted molar refractivity (Wildman–Crippen MR) is 72.7 cm³/mol. The van der Waals surface area contributed by atoms with Crippen LogP contribution in [0.5, 0.6) is 0 Å². The standard InChI is InChI=1S/C14H20FN3O/c1-9-7-17-8-12(16-2)5-10-3-4-11(15)6-13(10)14(19)18-9/h3-4,6,9,12,16-17H,5,7-8H2,1-2H3,(H,18,19). The second-order valence-electron chi connectivity index (χ2n) is 5.02. The third-order valence-corrected chi connectivity index (χ3v) is 3.41. The summed E-state index contributed by atoms with van der Waals surface area (Å²) >= 11 is 0. The van der Waals surface area contributed by atoms with Crippen LogP contribution < -0.4 is 16.0 Å². The van der Waals surface area contributed by atoms with E-state index < -0.39 is 0 Å². The topological polar surface area (TPSA) is 53.2 Å². The van der Waals surface area contributed by atoms with Crippen LogP contribution in [0.25, 0.3) is 0 Å². The first-order valence-electron chi connectivity index (χ1n) is 6.57. The zero-order valence-electron chi connectivity index (χ0n) is 11.3. The zero-order valence-corrected chi connectivity index (χ0v) is 11.3. The lowest BCUT2D eigenvalue weighted by atomic mass is 9.98. The quantitative estimate of drug-likeness (QED) is 0.700. The van der Waals surface area contributed by atoms with Crippen LogP contribution in [0.3, 0.4) is 0 Å². The minimum Gasteiger partial charge on any atom is -0.348 e. The van der Waals surface area contributed by atoms with E-state index in [2.05, 4.69) is 16.0 Å². The Balaban J connectivity index is 2.35. The molecule has 5 heteroatoms. The van der Waals surface area contributed by atoms with E-state index in [1.807, 2.05) is 14.0 Å². The Bertz CT molecular complexity index is 464. The van der Waals surface area contributed by atoms with E-state index in [4.69, 9.17) is 0 Å². The molecule has 0 fully saturated rings. The molecule has 2 unspecified atom stereocenters. The molecule has 1 aromatic carbocycles. The van der Waals surface area contributed by atoms with E-state index in [9.17, 15) is 9.18 Å². The molecule has 4 nitrogen and oxygen atoms in total. The van der Waals surface area contributed by atoms with Gasteiger partial charge < -0.3 is 16.0 Å². The highest BCUT2D eigenvalue weighted by molar-refractivity contribution is 5.95. The summed E-state index contributed by atoms with van der Waals surface area (Å²) in [6, 6.07) is 4.66. The minimum absolute atomic E-state index is 0.0132. The van der Waals surface area contributed by atoms with Crippen molar-refractivity contribution in [1.82, 2.24) is 16.0 Å². The summed E-state index contributed by atoms with van der Waals surface area (Å²) in [6.07, 6.45) is 0.695. The van der Waals surface area contributed by atoms with Gasteiger partial charge in [0.2, 0.25) is 0 Å². The Hall–Kier alpha value is -1.46. The van der Waals surface area contributed by atoms with Crippen LogP contribution >= 0.6 is 0 Å². The van der Waals surface area contributed by atoms with Gasteiger partial charge in [-0.05, 0) is 38.1 Å². The lowest BCUT2D eigenvalue weighted by Gasteiger charge is -2.23. The number of halogens is 1. The highest BCUT2D eigenvalue weighted by Gasteiger charge is 2.19. The Kier molecular flexibility index (Phi) is 4.50. The summed E-state index contributed by atoms with van der Waals surface area (Å²) in [5.41, 5.74) is 1.31. The fraction of sp³-hybridized carbons (Fsp3) is 0.500. The molecule has 0 radical (unpaired) electrons. The minimum atomic E-state index is -0.377. The van der Waals surface area contributed by atoms with Gasteiger partial charge in [-0.1, -0.05) is 6.07 Å². The number of fused-ring (bicyclic) bond motifs is 1. The van der Waals surface area contributed by atoms with Crippen molar-refractivity contribution in [3.05, 3.63) is 35.1 Å². The molecule has 1 aromatic rings. The van der Waals surface area contributed by atoms with Crippen LogP contribution in [-0.4, -0.2) is 38.1 Å². The van der Waals surface area contributed by atoms with Crippen molar-refractivity contribution in [3.63, 3.8) is 0 Å². The number of amides is 1. The molecule has 0 aromatic heterocycles. The predicted octanol–water partition coefficient (Wildman–Crippen LogP) is 0.678. The van der Waals surface area contributed by atoms with Crippen molar-refractivity contribution in [1.29, 1.82) is 0 Å². The van der Waals surface area contributed by atoms with Gasteiger partial charge in [0.1, 0.15) is 5.82 Å². The van der Waals surface area contributed by atoms with Crippen molar-refractivity contribution < 1.29 is 9.18 Å². The molecule has 104 valence electrons. The smallest absolute Gasteiger partial charge is 0.251 e. The normalized spacial score (nSPS) is 24.5. The third kappa shape index (κ3) is 3.52. The highest BCUT2D eigenvalue weighted by Crippen LogP contribution is 2.14. The highest BCUT2D eigenvalue weighted by atomic mass is 19.1. The molecule has 3 N–H and O–H groups in total. The largest absolute Gasteiger partial charge is 0.348 e. The average molecular weight is 265 g/mol. The number of rotatable bonds is 1. The van der Waals surface area contributed by atoms with Gasteiger partial charge in [-0.3, -0.25) is 4.79 Å². The fourth-order valence-electron chi connectivity index (χ4n) is 2.31. The average Bonchev–Trinajstić information content (AvgIpc) is 2.38. The summed E-state index contributed by atoms with van der Waals surface area (Å²) in [7, 11) is 1.89. The lowest BCUT2D eigenvalue weighted by Crippen LogP contribution is -2.46.